The minimum atomic E-state index is -0.581. The first-order valence-electron chi connectivity index (χ1n) is 11.0. The average Bonchev–Trinajstić information content (AvgIpc) is 3.07. The van der Waals surface area contributed by atoms with Gasteiger partial charge in [-0.3, -0.25) is 14.4 Å². The number of halogens is 1. The van der Waals surface area contributed by atoms with Gasteiger partial charge < -0.3 is 10.2 Å². The van der Waals surface area contributed by atoms with Gasteiger partial charge in [0.25, 0.3) is 17.7 Å². The largest absolute Gasteiger partial charge is 0.350 e. The molecule has 0 saturated carbocycles. The van der Waals surface area contributed by atoms with Crippen LogP contribution in [0.25, 0.3) is 0 Å². The van der Waals surface area contributed by atoms with Crippen LogP contribution in [0.15, 0.2) is 83.5 Å². The van der Waals surface area contributed by atoms with E-state index in [1.165, 1.54) is 5.56 Å². The molecule has 2 heterocycles. The molecule has 3 amide bonds. The van der Waals surface area contributed by atoms with Crippen LogP contribution >= 0.6 is 11.6 Å². The molecule has 2 aliphatic heterocycles. The molecule has 1 N–H and O–H groups in total. The first kappa shape index (κ1) is 21.9. The van der Waals surface area contributed by atoms with Crippen molar-refractivity contribution in [3.63, 3.8) is 0 Å². The number of nitrogens with one attached hydrogen (secondary N) is 1. The second-order valence-corrected chi connectivity index (χ2v) is 8.75. The number of carbonyl (C=O) groups is 3. The zero-order valence-corrected chi connectivity index (χ0v) is 19.3. The molecule has 3 aromatic carbocycles. The molecule has 0 atom stereocenters. The van der Waals surface area contributed by atoms with Gasteiger partial charge in [-0.15, -0.1) is 0 Å². The lowest BCUT2D eigenvalue weighted by Gasteiger charge is -2.29. The second-order valence-electron chi connectivity index (χ2n) is 8.37. The highest BCUT2D eigenvalue weighted by molar-refractivity contribution is 6.53. The van der Waals surface area contributed by atoms with E-state index < -0.39 is 11.8 Å². The van der Waals surface area contributed by atoms with E-state index in [0.717, 1.165) is 22.4 Å². The van der Waals surface area contributed by atoms with E-state index in [2.05, 4.69) is 11.4 Å². The normalized spacial score (nSPS) is 15.6. The molecule has 5 rings (SSSR count). The molecule has 0 aliphatic carbocycles. The van der Waals surface area contributed by atoms with E-state index in [1.807, 2.05) is 42.2 Å². The molecular formula is C27H22ClN3O3. The van der Waals surface area contributed by atoms with Crippen molar-refractivity contribution in [2.45, 2.75) is 19.9 Å². The quantitative estimate of drug-likeness (QED) is 0.563. The number of para-hydroxylation sites is 1. The van der Waals surface area contributed by atoms with Gasteiger partial charge in [0.2, 0.25) is 0 Å². The average molecular weight is 472 g/mol. The third-order valence-corrected chi connectivity index (χ3v) is 6.53. The standard InChI is InChI=1S/C27H22ClN3O3/c1-17-7-2-5-12-22(17)31-26(33)23(28)24(27(31)34)29-21-11-6-10-19(15-21)25(32)30-14-13-18-8-3-4-9-20(18)16-30/h2-12,15,29H,13-14,16H2,1H3. The summed E-state index contributed by atoms with van der Waals surface area (Å²) in [6, 6.07) is 22.1. The van der Waals surface area contributed by atoms with Crippen molar-refractivity contribution in [1.29, 1.82) is 0 Å². The van der Waals surface area contributed by atoms with Gasteiger partial charge in [0.15, 0.2) is 0 Å². The van der Waals surface area contributed by atoms with Crippen LogP contribution in [-0.4, -0.2) is 29.2 Å². The molecule has 0 spiro atoms. The summed E-state index contributed by atoms with van der Waals surface area (Å²) >= 11 is 6.27. The minimum Gasteiger partial charge on any atom is -0.350 e. The van der Waals surface area contributed by atoms with Crippen LogP contribution in [0.5, 0.6) is 0 Å². The van der Waals surface area contributed by atoms with E-state index in [0.29, 0.717) is 30.0 Å². The maximum absolute atomic E-state index is 13.2. The van der Waals surface area contributed by atoms with Gasteiger partial charge in [-0.1, -0.05) is 60.1 Å². The van der Waals surface area contributed by atoms with Crippen LogP contribution in [-0.2, 0) is 22.6 Å². The molecule has 0 bridgehead atoms. The SMILES string of the molecule is Cc1ccccc1N1C(=O)C(Cl)=C(Nc2cccc(C(=O)N3CCc4ccccc4C3)c2)C1=O. The molecule has 3 aromatic rings. The number of hydrogen-bond acceptors (Lipinski definition) is 4. The van der Waals surface area contributed by atoms with Crippen molar-refractivity contribution in [3.05, 3.63) is 106 Å². The highest BCUT2D eigenvalue weighted by Gasteiger charge is 2.39. The number of imide groups is 1. The van der Waals surface area contributed by atoms with E-state index in [9.17, 15) is 14.4 Å². The van der Waals surface area contributed by atoms with E-state index >= 15 is 0 Å². The number of carbonyl (C=O) groups excluding carboxylic acids is 3. The Morgan fingerprint density at radius 1 is 0.912 bits per heavy atom. The summed E-state index contributed by atoms with van der Waals surface area (Å²) < 4.78 is 0. The second kappa shape index (κ2) is 8.80. The van der Waals surface area contributed by atoms with Gasteiger partial charge in [-0.2, -0.15) is 0 Å². The first-order chi connectivity index (χ1) is 16.4. The van der Waals surface area contributed by atoms with Gasteiger partial charge in [0.1, 0.15) is 10.7 Å². The Balaban J connectivity index is 1.36. The number of hydrogen-bond donors (Lipinski definition) is 1. The van der Waals surface area contributed by atoms with Crippen LogP contribution < -0.4 is 10.2 Å². The Morgan fingerprint density at radius 3 is 2.44 bits per heavy atom. The molecule has 0 aromatic heterocycles. The molecule has 0 radical (unpaired) electrons. The fourth-order valence-corrected chi connectivity index (χ4v) is 4.58. The molecule has 170 valence electrons. The van der Waals surface area contributed by atoms with Crippen LogP contribution in [0.1, 0.15) is 27.0 Å². The van der Waals surface area contributed by atoms with Crippen molar-refractivity contribution in [3.8, 4) is 0 Å². The Hall–Kier alpha value is -3.90. The summed E-state index contributed by atoms with van der Waals surface area (Å²) in [6.07, 6.45) is 0.813. The topological polar surface area (TPSA) is 69.7 Å². The Kier molecular flexibility index (Phi) is 5.67. The third-order valence-electron chi connectivity index (χ3n) is 6.18. The summed E-state index contributed by atoms with van der Waals surface area (Å²) in [5.41, 5.74) is 4.68. The Labute approximate surface area is 202 Å². The van der Waals surface area contributed by atoms with Gasteiger partial charge in [-0.25, -0.2) is 4.90 Å². The van der Waals surface area contributed by atoms with Crippen LogP contribution in [0, 0.1) is 6.92 Å². The molecule has 0 fully saturated rings. The van der Waals surface area contributed by atoms with Crippen molar-refractivity contribution >= 4 is 40.7 Å². The van der Waals surface area contributed by atoms with Crippen molar-refractivity contribution in [2.75, 3.05) is 16.8 Å². The van der Waals surface area contributed by atoms with Crippen molar-refractivity contribution in [1.82, 2.24) is 4.90 Å². The Bertz CT molecular complexity index is 1360. The maximum Gasteiger partial charge on any atom is 0.283 e. The zero-order valence-electron chi connectivity index (χ0n) is 18.5. The lowest BCUT2D eigenvalue weighted by Crippen LogP contribution is -2.36. The van der Waals surface area contributed by atoms with Crippen LogP contribution in [0.2, 0.25) is 0 Å². The van der Waals surface area contributed by atoms with E-state index in [-0.39, 0.29) is 16.6 Å². The predicted molar refractivity (Wildman–Crippen MR) is 132 cm³/mol. The summed E-state index contributed by atoms with van der Waals surface area (Å²) in [5.74, 6) is -1.20. The lowest BCUT2D eigenvalue weighted by atomic mass is 9.99. The minimum absolute atomic E-state index is 0.00795. The number of nitrogens with zero attached hydrogens (tertiary/aromatic N) is 2. The van der Waals surface area contributed by atoms with Gasteiger partial charge in [-0.05, 0) is 54.3 Å². The summed E-state index contributed by atoms with van der Waals surface area (Å²) in [5, 5.41) is 2.79. The number of aryl methyl sites for hydroxylation is 1. The van der Waals surface area contributed by atoms with Crippen LogP contribution in [0.4, 0.5) is 11.4 Å². The molecule has 0 saturated heterocycles. The number of amides is 3. The molecule has 2 aliphatic rings. The highest BCUT2D eigenvalue weighted by atomic mass is 35.5. The molecule has 34 heavy (non-hydrogen) atoms. The highest BCUT2D eigenvalue weighted by Crippen LogP contribution is 2.32. The smallest absolute Gasteiger partial charge is 0.283 e. The van der Waals surface area contributed by atoms with Gasteiger partial charge in [0, 0.05) is 24.3 Å². The fraction of sp³-hybridized carbons (Fsp3) is 0.148. The van der Waals surface area contributed by atoms with E-state index in [1.54, 1.807) is 36.4 Å². The first-order valence-corrected chi connectivity index (χ1v) is 11.4. The van der Waals surface area contributed by atoms with Crippen molar-refractivity contribution in [2.24, 2.45) is 0 Å². The molecule has 7 heteroatoms. The summed E-state index contributed by atoms with van der Waals surface area (Å²) in [4.78, 5) is 41.9. The molecule has 6 nitrogen and oxygen atoms in total. The summed E-state index contributed by atoms with van der Waals surface area (Å²) in [6.45, 7) is 3.02. The zero-order chi connectivity index (χ0) is 23.8. The van der Waals surface area contributed by atoms with Crippen molar-refractivity contribution < 1.29 is 14.4 Å². The van der Waals surface area contributed by atoms with Crippen LogP contribution in [0.3, 0.4) is 0 Å². The number of rotatable bonds is 4. The molecular weight excluding hydrogens is 450 g/mol. The fourth-order valence-electron chi connectivity index (χ4n) is 4.37. The predicted octanol–water partition coefficient (Wildman–Crippen LogP) is 4.63. The van der Waals surface area contributed by atoms with Gasteiger partial charge >= 0.3 is 0 Å². The summed E-state index contributed by atoms with van der Waals surface area (Å²) in [7, 11) is 0. The third kappa shape index (κ3) is 3.86. The van der Waals surface area contributed by atoms with E-state index in [4.69, 9.17) is 11.6 Å². The molecule has 0 unspecified atom stereocenters. The maximum atomic E-state index is 13.2. The Morgan fingerprint density at radius 2 is 1.65 bits per heavy atom. The van der Waals surface area contributed by atoms with Gasteiger partial charge in [0.05, 0.1) is 5.69 Å². The lowest BCUT2D eigenvalue weighted by molar-refractivity contribution is -0.120. The number of benzene rings is 3. The number of anilines is 2. The number of fused-ring (bicyclic) bond motifs is 1. The monoisotopic (exact) mass is 471 g/mol.